The number of nitrogen functional groups attached to an aromatic ring is 1. The molecule has 0 unspecified atom stereocenters. The number of pyridine rings is 1. The van der Waals surface area contributed by atoms with Gasteiger partial charge in [-0.2, -0.15) is 0 Å². The zero-order valence-electron chi connectivity index (χ0n) is 19.4. The smallest absolute Gasteiger partial charge is 0.255 e. The molecule has 0 aliphatic heterocycles. The zero-order valence-corrected chi connectivity index (χ0v) is 20.2. The average molecular weight is 484 g/mol. The van der Waals surface area contributed by atoms with Gasteiger partial charge in [-0.25, -0.2) is 9.97 Å². The van der Waals surface area contributed by atoms with Crippen molar-refractivity contribution in [3.63, 3.8) is 0 Å². The largest absolute Gasteiger partial charge is 0.397 e. The Hall–Kier alpha value is -4.21. The van der Waals surface area contributed by atoms with Crippen LogP contribution in [0.25, 0.3) is 16.2 Å². The molecular weight excluding hydrogens is 458 g/mol. The van der Waals surface area contributed by atoms with E-state index in [9.17, 15) is 4.79 Å². The molecule has 9 heteroatoms. The number of carbonyl (C=O) groups excluding carboxylic acids is 1. The van der Waals surface area contributed by atoms with E-state index in [4.69, 9.17) is 5.73 Å². The Morgan fingerprint density at radius 1 is 1.03 bits per heavy atom. The van der Waals surface area contributed by atoms with Gasteiger partial charge in [0.15, 0.2) is 5.13 Å². The summed E-state index contributed by atoms with van der Waals surface area (Å²) in [5.74, 6) is -0.216. The van der Waals surface area contributed by atoms with Crippen LogP contribution in [0.15, 0.2) is 79.3 Å². The highest BCUT2D eigenvalue weighted by atomic mass is 32.1. The lowest BCUT2D eigenvalue weighted by Gasteiger charge is -2.10. The van der Waals surface area contributed by atoms with Crippen LogP contribution in [0.2, 0.25) is 0 Å². The van der Waals surface area contributed by atoms with Gasteiger partial charge in [-0.3, -0.25) is 9.20 Å². The molecule has 0 aliphatic carbocycles. The Bertz CT molecular complexity index is 1490. The fraction of sp³-hybridized carbons (Fsp3) is 0.115. The molecule has 1 amide bonds. The summed E-state index contributed by atoms with van der Waals surface area (Å²) in [4.78, 5) is 24.9. The number of nitrogens with two attached hydrogens (primary N) is 1. The third-order valence-electron chi connectivity index (χ3n) is 5.47. The molecule has 5 rings (SSSR count). The first-order valence-corrected chi connectivity index (χ1v) is 11.9. The summed E-state index contributed by atoms with van der Waals surface area (Å²) in [5, 5.41) is 6.91. The SMILES string of the molecule is CN(C)Cc1cccn2c(-c3cnc(Nc4ccc(C(=O)Nc5ccccc5N)cc4)s3)cnc12. The van der Waals surface area contributed by atoms with E-state index >= 15 is 0 Å². The molecule has 0 spiro atoms. The minimum absolute atomic E-state index is 0.216. The second-order valence-corrected chi connectivity index (χ2v) is 9.41. The summed E-state index contributed by atoms with van der Waals surface area (Å²) >= 11 is 1.55. The number of para-hydroxylation sites is 2. The van der Waals surface area contributed by atoms with Crippen LogP contribution in [0.5, 0.6) is 0 Å². The molecule has 3 heterocycles. The molecular formula is C26H25N7OS. The van der Waals surface area contributed by atoms with Crippen molar-refractivity contribution in [1.82, 2.24) is 19.3 Å². The van der Waals surface area contributed by atoms with Gasteiger partial charge in [0.05, 0.1) is 28.1 Å². The number of carbonyl (C=O) groups is 1. The van der Waals surface area contributed by atoms with E-state index in [1.165, 1.54) is 5.56 Å². The van der Waals surface area contributed by atoms with E-state index in [0.717, 1.165) is 33.6 Å². The molecule has 0 atom stereocenters. The lowest BCUT2D eigenvalue weighted by atomic mass is 10.2. The monoisotopic (exact) mass is 483 g/mol. The van der Waals surface area contributed by atoms with Crippen molar-refractivity contribution in [3.05, 3.63) is 90.4 Å². The number of nitrogens with one attached hydrogen (secondary N) is 2. The molecule has 0 saturated carbocycles. The first-order valence-electron chi connectivity index (χ1n) is 11.1. The van der Waals surface area contributed by atoms with Crippen LogP contribution < -0.4 is 16.4 Å². The maximum Gasteiger partial charge on any atom is 0.255 e. The number of amides is 1. The van der Waals surface area contributed by atoms with Gasteiger partial charge in [-0.1, -0.05) is 29.5 Å². The standard InChI is InChI=1S/C26H25N7OS/c1-32(2)16-18-6-5-13-33-22(14-28-24(18)33)23-15-29-26(35-23)30-19-11-9-17(10-12-19)25(34)31-21-8-4-3-7-20(21)27/h3-15H,16,27H2,1-2H3,(H,29,30)(H,31,34). The molecule has 2 aromatic carbocycles. The number of benzene rings is 2. The number of imidazole rings is 1. The van der Waals surface area contributed by atoms with Gasteiger partial charge in [0.25, 0.3) is 5.91 Å². The van der Waals surface area contributed by atoms with E-state index in [1.807, 2.05) is 63.0 Å². The van der Waals surface area contributed by atoms with Crippen LogP contribution in [0, 0.1) is 0 Å². The summed E-state index contributed by atoms with van der Waals surface area (Å²) in [7, 11) is 4.10. The van der Waals surface area contributed by atoms with Gasteiger partial charge in [-0.15, -0.1) is 0 Å². The number of aromatic nitrogens is 3. The summed E-state index contributed by atoms with van der Waals surface area (Å²) < 4.78 is 2.10. The van der Waals surface area contributed by atoms with Gasteiger partial charge in [0.1, 0.15) is 5.65 Å². The first kappa shape index (κ1) is 22.6. The van der Waals surface area contributed by atoms with E-state index in [-0.39, 0.29) is 5.91 Å². The molecule has 35 heavy (non-hydrogen) atoms. The van der Waals surface area contributed by atoms with Crippen molar-refractivity contribution >= 4 is 45.1 Å². The molecule has 3 aromatic heterocycles. The summed E-state index contributed by atoms with van der Waals surface area (Å²) in [6.07, 6.45) is 5.76. The highest BCUT2D eigenvalue weighted by Crippen LogP contribution is 2.32. The summed E-state index contributed by atoms with van der Waals surface area (Å²) in [5.41, 5.74) is 11.5. The van der Waals surface area contributed by atoms with Gasteiger partial charge < -0.3 is 21.3 Å². The Balaban J connectivity index is 1.30. The Morgan fingerprint density at radius 3 is 2.60 bits per heavy atom. The van der Waals surface area contributed by atoms with Crippen LogP contribution in [-0.4, -0.2) is 39.3 Å². The fourth-order valence-corrected chi connectivity index (χ4v) is 4.64. The predicted molar refractivity (Wildman–Crippen MR) is 142 cm³/mol. The molecule has 5 aromatic rings. The van der Waals surface area contributed by atoms with E-state index in [0.29, 0.717) is 16.9 Å². The molecule has 0 fully saturated rings. The Kier molecular flexibility index (Phi) is 6.17. The van der Waals surface area contributed by atoms with Gasteiger partial charge in [-0.05, 0) is 56.6 Å². The van der Waals surface area contributed by atoms with Gasteiger partial charge >= 0.3 is 0 Å². The van der Waals surface area contributed by atoms with E-state index in [1.54, 1.807) is 35.6 Å². The third-order valence-corrected chi connectivity index (χ3v) is 6.40. The maximum absolute atomic E-state index is 12.6. The van der Waals surface area contributed by atoms with Crippen molar-refractivity contribution in [2.24, 2.45) is 0 Å². The van der Waals surface area contributed by atoms with E-state index in [2.05, 4.69) is 36.0 Å². The predicted octanol–water partition coefficient (Wildman–Crippen LogP) is 5.10. The summed E-state index contributed by atoms with van der Waals surface area (Å²) in [6.45, 7) is 0.822. The van der Waals surface area contributed by atoms with Crippen molar-refractivity contribution < 1.29 is 4.79 Å². The molecule has 0 aliphatic rings. The number of rotatable bonds is 7. The Labute approximate surface area is 207 Å². The van der Waals surface area contributed by atoms with Crippen molar-refractivity contribution in [1.29, 1.82) is 0 Å². The van der Waals surface area contributed by atoms with Gasteiger partial charge in [0, 0.05) is 35.8 Å². The fourth-order valence-electron chi connectivity index (χ4n) is 3.80. The zero-order chi connectivity index (χ0) is 24.4. The maximum atomic E-state index is 12.6. The number of hydrogen-bond donors (Lipinski definition) is 3. The minimum atomic E-state index is -0.216. The lowest BCUT2D eigenvalue weighted by molar-refractivity contribution is 0.102. The average Bonchev–Trinajstić information content (AvgIpc) is 3.48. The summed E-state index contributed by atoms with van der Waals surface area (Å²) in [6, 6.07) is 18.6. The number of thiazole rings is 1. The highest BCUT2D eigenvalue weighted by molar-refractivity contribution is 7.18. The lowest BCUT2D eigenvalue weighted by Crippen LogP contribution is -2.13. The van der Waals surface area contributed by atoms with Crippen LogP contribution in [-0.2, 0) is 6.54 Å². The Morgan fingerprint density at radius 2 is 1.83 bits per heavy atom. The third kappa shape index (κ3) is 4.86. The molecule has 0 radical (unpaired) electrons. The molecule has 4 N–H and O–H groups in total. The minimum Gasteiger partial charge on any atom is -0.397 e. The number of nitrogens with zero attached hydrogens (tertiary/aromatic N) is 4. The number of hydrogen-bond acceptors (Lipinski definition) is 7. The second-order valence-electron chi connectivity index (χ2n) is 8.38. The normalized spacial score (nSPS) is 11.2. The quantitative estimate of drug-likeness (QED) is 0.279. The second kappa shape index (κ2) is 9.57. The highest BCUT2D eigenvalue weighted by Gasteiger charge is 2.13. The molecule has 0 bridgehead atoms. The number of fused-ring (bicyclic) bond motifs is 1. The molecule has 8 nitrogen and oxygen atoms in total. The van der Waals surface area contributed by atoms with E-state index < -0.39 is 0 Å². The first-order chi connectivity index (χ1) is 17.0. The van der Waals surface area contributed by atoms with Crippen molar-refractivity contribution in [2.45, 2.75) is 6.54 Å². The van der Waals surface area contributed by atoms with Gasteiger partial charge in [0.2, 0.25) is 0 Å². The van der Waals surface area contributed by atoms with Crippen LogP contribution >= 0.6 is 11.3 Å². The van der Waals surface area contributed by atoms with Crippen molar-refractivity contribution in [2.75, 3.05) is 30.5 Å². The number of anilines is 4. The topological polar surface area (TPSA) is 101 Å². The molecule has 0 saturated heterocycles. The van der Waals surface area contributed by atoms with Crippen LogP contribution in [0.4, 0.5) is 22.2 Å². The van der Waals surface area contributed by atoms with Crippen molar-refractivity contribution in [3.8, 4) is 10.6 Å². The van der Waals surface area contributed by atoms with Crippen LogP contribution in [0.3, 0.4) is 0 Å². The molecule has 176 valence electrons. The van der Waals surface area contributed by atoms with Crippen LogP contribution in [0.1, 0.15) is 15.9 Å².